The van der Waals surface area contributed by atoms with E-state index in [4.69, 9.17) is 23.0 Å². The van der Waals surface area contributed by atoms with E-state index >= 15 is 0 Å². The van der Waals surface area contributed by atoms with Gasteiger partial charge in [-0.3, -0.25) is 0 Å². The van der Waals surface area contributed by atoms with Crippen molar-refractivity contribution >= 4 is 0 Å². The molecule has 2 aromatic heterocycles. The maximum atomic E-state index is 6.38. The van der Waals surface area contributed by atoms with Gasteiger partial charge in [-0.05, 0) is 41.8 Å². The van der Waals surface area contributed by atoms with Crippen molar-refractivity contribution in [2.45, 2.75) is 26.7 Å². The standard InChI is InChI=1S/C40H32N2O5/c1-28-32(19-11-21-34(28)43-25-29-13-5-2-6-14-29)36-23-41-39(46-36)40-42-24-37(47-40)33-20-12-22-35(44-26-30-15-7-3-8-16-30)38(33)45-27-31-17-9-4-10-18-31/h2-24H,25-27H2,1H3. The third-order valence-corrected chi connectivity index (χ3v) is 7.69. The van der Waals surface area contributed by atoms with E-state index in [2.05, 4.69) is 9.97 Å². The molecule has 0 atom stereocenters. The summed E-state index contributed by atoms with van der Waals surface area (Å²) in [6, 6.07) is 41.7. The van der Waals surface area contributed by atoms with Crippen LogP contribution in [-0.4, -0.2) is 9.97 Å². The summed E-state index contributed by atoms with van der Waals surface area (Å²) in [5.41, 5.74) is 5.72. The third-order valence-electron chi connectivity index (χ3n) is 7.69. The van der Waals surface area contributed by atoms with E-state index in [0.29, 0.717) is 48.4 Å². The van der Waals surface area contributed by atoms with Crippen LogP contribution in [0.2, 0.25) is 0 Å². The van der Waals surface area contributed by atoms with E-state index in [1.165, 1.54) is 0 Å². The number of ether oxygens (including phenoxy) is 3. The zero-order chi connectivity index (χ0) is 31.8. The van der Waals surface area contributed by atoms with E-state index < -0.39 is 0 Å². The van der Waals surface area contributed by atoms with Crippen LogP contribution >= 0.6 is 0 Å². The second kappa shape index (κ2) is 13.9. The predicted octanol–water partition coefficient (Wildman–Crippen LogP) is 9.71. The summed E-state index contributed by atoms with van der Waals surface area (Å²) in [6.45, 7) is 3.23. The molecule has 0 aliphatic carbocycles. The van der Waals surface area contributed by atoms with Gasteiger partial charge in [-0.15, -0.1) is 0 Å². The molecule has 0 N–H and O–H groups in total. The first-order valence-electron chi connectivity index (χ1n) is 15.4. The van der Waals surface area contributed by atoms with Gasteiger partial charge in [-0.2, -0.15) is 0 Å². The van der Waals surface area contributed by atoms with Gasteiger partial charge in [-0.1, -0.05) is 109 Å². The molecule has 0 unspecified atom stereocenters. The summed E-state index contributed by atoms with van der Waals surface area (Å²) in [5, 5.41) is 0. The topological polar surface area (TPSA) is 79.8 Å². The normalized spacial score (nSPS) is 10.9. The second-order valence-corrected chi connectivity index (χ2v) is 10.9. The Hall–Kier alpha value is -6.08. The van der Waals surface area contributed by atoms with E-state index in [1.54, 1.807) is 12.4 Å². The van der Waals surface area contributed by atoms with Gasteiger partial charge >= 0.3 is 0 Å². The quantitative estimate of drug-likeness (QED) is 0.135. The summed E-state index contributed by atoms with van der Waals surface area (Å²) in [7, 11) is 0. The predicted molar refractivity (Wildman–Crippen MR) is 180 cm³/mol. The minimum Gasteiger partial charge on any atom is -0.489 e. The zero-order valence-corrected chi connectivity index (χ0v) is 25.8. The van der Waals surface area contributed by atoms with Gasteiger partial charge in [-0.25, -0.2) is 9.97 Å². The number of hydrogen-bond donors (Lipinski definition) is 0. The molecule has 5 aromatic carbocycles. The number of oxazole rings is 2. The highest BCUT2D eigenvalue weighted by molar-refractivity contribution is 5.71. The first-order valence-corrected chi connectivity index (χ1v) is 15.4. The fourth-order valence-electron chi connectivity index (χ4n) is 5.21. The fraction of sp³-hybridized carbons (Fsp3) is 0.100. The number of rotatable bonds is 12. The Morgan fingerprint density at radius 2 is 0.915 bits per heavy atom. The molecule has 47 heavy (non-hydrogen) atoms. The maximum absolute atomic E-state index is 6.38. The van der Waals surface area contributed by atoms with Gasteiger partial charge in [0.1, 0.15) is 25.6 Å². The Balaban J connectivity index is 1.14. The number of para-hydroxylation sites is 1. The van der Waals surface area contributed by atoms with E-state index in [1.807, 2.05) is 134 Å². The lowest BCUT2D eigenvalue weighted by atomic mass is 10.1. The molecule has 0 aliphatic rings. The van der Waals surface area contributed by atoms with E-state index in [-0.39, 0.29) is 11.8 Å². The molecule has 7 rings (SSSR count). The zero-order valence-electron chi connectivity index (χ0n) is 25.8. The molecule has 0 saturated carbocycles. The molecule has 0 amide bonds. The monoisotopic (exact) mass is 620 g/mol. The van der Waals surface area contributed by atoms with Gasteiger partial charge in [0.2, 0.25) is 0 Å². The molecule has 0 spiro atoms. The van der Waals surface area contributed by atoms with Crippen LogP contribution in [0.4, 0.5) is 0 Å². The minimum atomic E-state index is 0.255. The average molecular weight is 621 g/mol. The number of benzene rings is 5. The van der Waals surface area contributed by atoms with Gasteiger partial charge in [0.25, 0.3) is 11.8 Å². The van der Waals surface area contributed by atoms with Crippen LogP contribution in [0.5, 0.6) is 17.2 Å². The van der Waals surface area contributed by atoms with E-state index in [9.17, 15) is 0 Å². The molecule has 0 saturated heterocycles. The van der Waals surface area contributed by atoms with Crippen LogP contribution in [0, 0.1) is 6.92 Å². The van der Waals surface area contributed by atoms with Gasteiger partial charge in [0, 0.05) is 11.1 Å². The SMILES string of the molecule is Cc1c(OCc2ccccc2)cccc1-c1cnc(-c2ncc(-c3cccc(OCc4ccccc4)c3OCc3ccccc3)o2)o1. The molecule has 232 valence electrons. The van der Waals surface area contributed by atoms with Crippen LogP contribution in [-0.2, 0) is 19.8 Å². The summed E-state index contributed by atoms with van der Waals surface area (Å²) in [4.78, 5) is 9.00. The summed E-state index contributed by atoms with van der Waals surface area (Å²) < 4.78 is 31.2. The van der Waals surface area contributed by atoms with Crippen molar-refractivity contribution in [1.29, 1.82) is 0 Å². The lowest BCUT2D eigenvalue weighted by molar-refractivity contribution is 0.256. The van der Waals surface area contributed by atoms with Crippen molar-refractivity contribution in [3.8, 4) is 51.7 Å². The highest BCUT2D eigenvalue weighted by atomic mass is 16.5. The van der Waals surface area contributed by atoms with Crippen LogP contribution in [0.3, 0.4) is 0 Å². The van der Waals surface area contributed by atoms with Crippen LogP contribution in [0.25, 0.3) is 34.4 Å². The Bertz CT molecular complexity index is 2050. The first kappa shape index (κ1) is 29.6. The average Bonchev–Trinajstić information content (AvgIpc) is 3.82. The molecule has 7 heteroatoms. The molecule has 0 radical (unpaired) electrons. The smallest absolute Gasteiger partial charge is 0.284 e. The minimum absolute atomic E-state index is 0.255. The lowest BCUT2D eigenvalue weighted by Gasteiger charge is -2.16. The number of nitrogens with zero attached hydrogens (tertiary/aromatic N) is 2. The molecular formula is C40H32N2O5. The van der Waals surface area contributed by atoms with Crippen molar-refractivity contribution in [1.82, 2.24) is 9.97 Å². The highest BCUT2D eigenvalue weighted by Crippen LogP contribution is 2.41. The summed E-state index contributed by atoms with van der Waals surface area (Å²) >= 11 is 0. The second-order valence-electron chi connectivity index (χ2n) is 10.9. The van der Waals surface area contributed by atoms with Crippen molar-refractivity contribution in [3.63, 3.8) is 0 Å². The number of hydrogen-bond acceptors (Lipinski definition) is 7. The van der Waals surface area contributed by atoms with Crippen LogP contribution in [0.15, 0.2) is 149 Å². The molecule has 7 aromatic rings. The molecular weight excluding hydrogens is 588 g/mol. The Morgan fingerprint density at radius 3 is 1.47 bits per heavy atom. The van der Waals surface area contributed by atoms with Crippen molar-refractivity contribution in [3.05, 3.63) is 162 Å². The largest absolute Gasteiger partial charge is 0.489 e. The van der Waals surface area contributed by atoms with Crippen molar-refractivity contribution < 1.29 is 23.0 Å². The summed E-state index contributed by atoms with van der Waals surface area (Å²) in [5.74, 6) is 3.55. The fourth-order valence-corrected chi connectivity index (χ4v) is 5.21. The van der Waals surface area contributed by atoms with Gasteiger partial charge in [0.05, 0.1) is 18.0 Å². The molecule has 0 fully saturated rings. The molecule has 7 nitrogen and oxygen atoms in total. The Kier molecular flexibility index (Phi) is 8.77. The van der Waals surface area contributed by atoms with Crippen LogP contribution in [0.1, 0.15) is 22.3 Å². The molecule has 0 bridgehead atoms. The van der Waals surface area contributed by atoms with Gasteiger partial charge in [0.15, 0.2) is 23.0 Å². The van der Waals surface area contributed by atoms with Crippen molar-refractivity contribution in [2.24, 2.45) is 0 Å². The Labute approximate surface area is 273 Å². The van der Waals surface area contributed by atoms with Crippen LogP contribution < -0.4 is 14.2 Å². The first-order chi connectivity index (χ1) is 23.2. The Morgan fingerprint density at radius 1 is 0.468 bits per heavy atom. The van der Waals surface area contributed by atoms with Gasteiger partial charge < -0.3 is 23.0 Å². The van der Waals surface area contributed by atoms with Crippen molar-refractivity contribution in [2.75, 3.05) is 0 Å². The maximum Gasteiger partial charge on any atom is 0.284 e. The molecule has 0 aliphatic heterocycles. The summed E-state index contributed by atoms with van der Waals surface area (Å²) in [6.07, 6.45) is 3.32. The van der Waals surface area contributed by atoms with E-state index in [0.717, 1.165) is 33.6 Å². The third kappa shape index (κ3) is 6.94. The lowest BCUT2D eigenvalue weighted by Crippen LogP contribution is -2.02. The number of aromatic nitrogens is 2. The molecule has 2 heterocycles. The highest BCUT2D eigenvalue weighted by Gasteiger charge is 2.21.